The lowest BCUT2D eigenvalue weighted by molar-refractivity contribution is -0.688. The minimum Gasteiger partial charge on any atom is -1.00 e. The fraction of sp³-hybridized carbons (Fsp3) is 0.167. The average molecular weight is 470 g/mol. The molecule has 3 aromatic rings. The van der Waals surface area contributed by atoms with E-state index in [4.69, 9.17) is 9.47 Å². The summed E-state index contributed by atoms with van der Waals surface area (Å²) in [4.78, 5) is 12.8. The summed E-state index contributed by atoms with van der Waals surface area (Å²) in [5.74, 6) is 0.958. The lowest BCUT2D eigenvalue weighted by atomic mass is 10.1. The summed E-state index contributed by atoms with van der Waals surface area (Å²) in [6.45, 7) is 0.452. The van der Waals surface area contributed by atoms with Crippen LogP contribution in [0.2, 0.25) is 0 Å². The van der Waals surface area contributed by atoms with Crippen LogP contribution in [0.5, 0.6) is 11.5 Å². The molecule has 0 radical (unpaired) electrons. The van der Waals surface area contributed by atoms with E-state index >= 15 is 0 Å². The highest BCUT2D eigenvalue weighted by Crippen LogP contribution is 2.36. The molecule has 4 rings (SSSR count). The monoisotopic (exact) mass is 469 g/mol. The molecule has 1 aromatic heterocycles. The van der Waals surface area contributed by atoms with Crippen molar-refractivity contribution >= 4 is 11.9 Å². The third-order valence-electron chi connectivity index (χ3n) is 5.10. The number of Topliss-reactive ketones (excluding diaryl/α,β-unsaturated/α-hetero) is 1. The zero-order valence-electron chi connectivity index (χ0n) is 16.7. The van der Waals surface area contributed by atoms with Gasteiger partial charge in [0.1, 0.15) is 5.82 Å². The fourth-order valence-corrected chi connectivity index (χ4v) is 3.55. The maximum absolute atomic E-state index is 13.8. The number of fused-ring (bicyclic) bond motifs is 1. The number of carbonyl (C=O) groups excluding carboxylic acids is 1. The number of carbonyl (C=O) groups is 1. The molecule has 4 nitrogen and oxygen atoms in total. The molecule has 0 N–H and O–H groups in total. The van der Waals surface area contributed by atoms with Gasteiger partial charge in [0.15, 0.2) is 36.2 Å². The van der Waals surface area contributed by atoms with E-state index in [2.05, 4.69) is 0 Å². The number of allylic oxidation sites excluding steroid dienone is 1. The number of rotatable bonds is 5. The Morgan fingerprint density at radius 2 is 1.70 bits per heavy atom. The van der Waals surface area contributed by atoms with Crippen LogP contribution in [0.1, 0.15) is 27.0 Å². The van der Waals surface area contributed by atoms with Crippen LogP contribution in [0.4, 0.5) is 4.39 Å². The molecule has 0 aliphatic heterocycles. The van der Waals surface area contributed by atoms with Gasteiger partial charge in [-0.05, 0) is 41.5 Å². The first-order valence-corrected chi connectivity index (χ1v) is 9.31. The summed E-state index contributed by atoms with van der Waals surface area (Å²) >= 11 is 0. The van der Waals surface area contributed by atoms with Crippen LogP contribution in [0.25, 0.3) is 6.08 Å². The normalized spacial score (nSPS) is 13.7. The third kappa shape index (κ3) is 4.28. The molecular weight excluding hydrogens is 449 g/mol. The number of benzene rings is 2. The van der Waals surface area contributed by atoms with Gasteiger partial charge in [-0.3, -0.25) is 4.79 Å². The molecule has 30 heavy (non-hydrogen) atoms. The highest BCUT2D eigenvalue weighted by Gasteiger charge is 2.27. The van der Waals surface area contributed by atoms with Gasteiger partial charge in [0.05, 0.1) is 19.8 Å². The van der Waals surface area contributed by atoms with E-state index in [9.17, 15) is 9.18 Å². The number of hydrogen-bond donors (Lipinski definition) is 0. The molecule has 0 unspecified atom stereocenters. The van der Waals surface area contributed by atoms with Crippen LogP contribution in [0.15, 0.2) is 66.5 Å². The van der Waals surface area contributed by atoms with Crippen molar-refractivity contribution in [2.24, 2.45) is 0 Å². The van der Waals surface area contributed by atoms with Gasteiger partial charge in [0.25, 0.3) is 0 Å². The standard InChI is InChI=1S/C24H21FNO3.BrH/c1-28-22-13-18-12-19(24(27)20(18)14-23(22)29-2)11-16-7-9-26(10-8-16)15-17-5-3-4-6-21(17)25;/h3-11,13-14H,12,15H2,1-2H3;1H/q+1;/p-1/b19-11+;. The Labute approximate surface area is 185 Å². The van der Waals surface area contributed by atoms with Crippen molar-refractivity contribution in [1.82, 2.24) is 0 Å². The lowest BCUT2D eigenvalue weighted by Gasteiger charge is -2.08. The second-order valence-corrected chi connectivity index (χ2v) is 6.94. The van der Waals surface area contributed by atoms with Gasteiger partial charge >= 0.3 is 0 Å². The largest absolute Gasteiger partial charge is 1.00 e. The van der Waals surface area contributed by atoms with Crippen LogP contribution in [-0.2, 0) is 13.0 Å². The molecule has 2 aromatic carbocycles. The van der Waals surface area contributed by atoms with Gasteiger partial charge in [-0.25, -0.2) is 8.96 Å². The molecule has 154 valence electrons. The molecule has 0 atom stereocenters. The summed E-state index contributed by atoms with van der Waals surface area (Å²) < 4.78 is 26.4. The second kappa shape index (κ2) is 9.22. The van der Waals surface area contributed by atoms with Gasteiger partial charge in [-0.15, -0.1) is 0 Å². The van der Waals surface area contributed by atoms with Crippen molar-refractivity contribution in [1.29, 1.82) is 0 Å². The summed E-state index contributed by atoms with van der Waals surface area (Å²) in [6.07, 6.45) is 6.22. The Morgan fingerprint density at radius 3 is 2.37 bits per heavy atom. The Morgan fingerprint density at radius 1 is 1.03 bits per heavy atom. The molecule has 0 amide bonds. The molecule has 0 fully saturated rings. The Balaban J connectivity index is 0.00000256. The van der Waals surface area contributed by atoms with Crippen LogP contribution < -0.4 is 31.0 Å². The van der Waals surface area contributed by atoms with Gasteiger partial charge in [-0.1, -0.05) is 12.1 Å². The molecule has 1 aliphatic carbocycles. The Bertz CT molecular complexity index is 1110. The van der Waals surface area contributed by atoms with Crippen molar-refractivity contribution in [3.05, 3.63) is 94.6 Å². The molecule has 1 aliphatic rings. The minimum atomic E-state index is -0.216. The van der Waals surface area contributed by atoms with Gasteiger partial charge in [0.2, 0.25) is 0 Å². The van der Waals surface area contributed by atoms with E-state index in [1.807, 2.05) is 47.3 Å². The number of methoxy groups -OCH3 is 2. The molecule has 6 heteroatoms. The van der Waals surface area contributed by atoms with Gasteiger partial charge < -0.3 is 26.5 Å². The van der Waals surface area contributed by atoms with Crippen molar-refractivity contribution in [3.8, 4) is 11.5 Å². The topological polar surface area (TPSA) is 39.4 Å². The minimum absolute atomic E-state index is 0. The van der Waals surface area contributed by atoms with Gasteiger partial charge in [0, 0.05) is 29.7 Å². The van der Waals surface area contributed by atoms with E-state index in [0.717, 1.165) is 16.7 Å². The van der Waals surface area contributed by atoms with Crippen LogP contribution in [-0.4, -0.2) is 20.0 Å². The zero-order chi connectivity index (χ0) is 20.4. The third-order valence-corrected chi connectivity index (χ3v) is 5.10. The van der Waals surface area contributed by atoms with Crippen LogP contribution in [0.3, 0.4) is 0 Å². The highest BCUT2D eigenvalue weighted by molar-refractivity contribution is 6.15. The lowest BCUT2D eigenvalue weighted by Crippen LogP contribution is -3.00. The number of hydrogen-bond acceptors (Lipinski definition) is 3. The fourth-order valence-electron chi connectivity index (χ4n) is 3.55. The summed E-state index contributed by atoms with van der Waals surface area (Å²) in [7, 11) is 3.14. The average Bonchev–Trinajstić information content (AvgIpc) is 3.04. The Hall–Kier alpha value is -2.99. The SMILES string of the molecule is COc1cc2c(cc1OC)C(=O)/C(=C/c1cc[n+](Cc3ccccc3F)cc1)C2.[Br-]. The number of halogens is 2. The van der Waals surface area contributed by atoms with E-state index in [1.165, 1.54) is 6.07 Å². The highest BCUT2D eigenvalue weighted by atomic mass is 79.9. The number of ketones is 1. The first kappa shape index (κ1) is 21.7. The summed E-state index contributed by atoms with van der Waals surface area (Å²) in [5.41, 5.74) is 3.86. The summed E-state index contributed by atoms with van der Waals surface area (Å²) in [6, 6.07) is 14.2. The number of pyridine rings is 1. The van der Waals surface area contributed by atoms with Crippen molar-refractivity contribution in [2.75, 3.05) is 14.2 Å². The van der Waals surface area contributed by atoms with Gasteiger partial charge in [-0.2, -0.15) is 0 Å². The second-order valence-electron chi connectivity index (χ2n) is 6.94. The van der Waals surface area contributed by atoms with E-state index in [-0.39, 0.29) is 28.6 Å². The molecule has 1 heterocycles. The maximum Gasteiger partial charge on any atom is 0.189 e. The van der Waals surface area contributed by atoms with Crippen molar-refractivity contribution in [2.45, 2.75) is 13.0 Å². The van der Waals surface area contributed by atoms with E-state index < -0.39 is 0 Å². The number of nitrogens with zero attached hydrogens (tertiary/aromatic N) is 1. The molecule has 0 saturated carbocycles. The molecular formula is C24H21BrFNO3. The van der Waals surface area contributed by atoms with E-state index in [0.29, 0.717) is 35.6 Å². The maximum atomic E-state index is 13.8. The van der Waals surface area contributed by atoms with Crippen LogP contribution >= 0.6 is 0 Å². The number of ether oxygens (including phenoxy) is 2. The molecule has 0 saturated heterocycles. The quantitative estimate of drug-likeness (QED) is 0.413. The Kier molecular flexibility index (Phi) is 6.67. The number of aromatic nitrogens is 1. The van der Waals surface area contributed by atoms with Crippen LogP contribution in [0, 0.1) is 5.82 Å². The first-order valence-electron chi connectivity index (χ1n) is 9.31. The first-order chi connectivity index (χ1) is 14.1. The zero-order valence-corrected chi connectivity index (χ0v) is 18.3. The predicted molar refractivity (Wildman–Crippen MR) is 108 cm³/mol. The predicted octanol–water partition coefficient (Wildman–Crippen LogP) is 1.01. The van der Waals surface area contributed by atoms with Crippen molar-refractivity contribution < 1.29 is 40.2 Å². The van der Waals surface area contributed by atoms with E-state index in [1.54, 1.807) is 32.4 Å². The molecule has 0 spiro atoms. The summed E-state index contributed by atoms with van der Waals surface area (Å²) in [5, 5.41) is 0. The molecule has 0 bridgehead atoms. The van der Waals surface area contributed by atoms with Crippen molar-refractivity contribution in [3.63, 3.8) is 0 Å². The smallest absolute Gasteiger partial charge is 0.189 e.